The monoisotopic (exact) mass is 368 g/mol. The third-order valence-electron chi connectivity index (χ3n) is 3.74. The molecule has 27 heavy (non-hydrogen) atoms. The van der Waals surface area contributed by atoms with E-state index in [2.05, 4.69) is 10.7 Å². The van der Waals surface area contributed by atoms with Gasteiger partial charge in [0.05, 0.1) is 0 Å². The summed E-state index contributed by atoms with van der Waals surface area (Å²) in [4.78, 5) is 0. The van der Waals surface area contributed by atoms with Crippen molar-refractivity contribution in [2.24, 2.45) is 0 Å². The number of halogens is 3. The van der Waals surface area contributed by atoms with Gasteiger partial charge in [0, 0.05) is 5.56 Å². The molecule has 0 aliphatic rings. The Morgan fingerprint density at radius 3 is 2.15 bits per heavy atom. The number of hydrogen-bond donors (Lipinski definition) is 0. The van der Waals surface area contributed by atoms with Gasteiger partial charge in [0.15, 0.2) is 0 Å². The van der Waals surface area contributed by atoms with Crippen LogP contribution >= 0.6 is 0 Å². The maximum Gasteiger partial charge on any atom is 0.573 e. The lowest BCUT2D eigenvalue weighted by atomic mass is 10.0. The molecule has 0 amide bonds. The van der Waals surface area contributed by atoms with Gasteiger partial charge < -0.3 is 9.47 Å². The number of rotatable bonds is 5. The molecule has 0 saturated carbocycles. The maximum atomic E-state index is 12.5. The highest BCUT2D eigenvalue weighted by molar-refractivity contribution is 5.68. The second-order valence-electron chi connectivity index (χ2n) is 5.74. The van der Waals surface area contributed by atoms with Crippen molar-refractivity contribution in [2.75, 3.05) is 0 Å². The molecule has 0 radical (unpaired) electrons. The lowest BCUT2D eigenvalue weighted by Gasteiger charge is -2.12. The van der Waals surface area contributed by atoms with Gasteiger partial charge in [-0.15, -0.1) is 19.6 Å². The topological polar surface area (TPSA) is 18.5 Å². The number of hydrogen-bond acceptors (Lipinski definition) is 2. The molecule has 0 saturated heterocycles. The first-order valence-electron chi connectivity index (χ1n) is 8.07. The molecule has 0 N–H and O–H groups in total. The SMILES string of the molecule is C#Cc1cc(OC(F)(F)F)cc(-c2ccc(OCc3ccccc3)cc2)c1. The fraction of sp³-hybridized carbons (Fsp3) is 0.0909. The van der Waals surface area contributed by atoms with E-state index in [-0.39, 0.29) is 5.75 Å². The van der Waals surface area contributed by atoms with Crippen molar-refractivity contribution >= 4 is 0 Å². The number of alkyl halides is 3. The van der Waals surface area contributed by atoms with Crippen LogP contribution in [0.5, 0.6) is 11.5 Å². The quantitative estimate of drug-likeness (QED) is 0.529. The highest BCUT2D eigenvalue weighted by atomic mass is 19.4. The summed E-state index contributed by atoms with van der Waals surface area (Å²) < 4.78 is 47.2. The molecule has 2 nitrogen and oxygen atoms in total. The minimum absolute atomic E-state index is 0.302. The van der Waals surface area contributed by atoms with E-state index in [4.69, 9.17) is 11.2 Å². The minimum atomic E-state index is -4.78. The molecule has 0 atom stereocenters. The van der Waals surface area contributed by atoms with E-state index in [9.17, 15) is 13.2 Å². The first-order chi connectivity index (χ1) is 12.9. The Morgan fingerprint density at radius 2 is 1.52 bits per heavy atom. The number of terminal acetylenes is 1. The Hall–Kier alpha value is -3.39. The zero-order valence-corrected chi connectivity index (χ0v) is 14.2. The van der Waals surface area contributed by atoms with E-state index in [1.807, 2.05) is 30.3 Å². The molecule has 0 aliphatic heterocycles. The van der Waals surface area contributed by atoms with Gasteiger partial charge in [-0.05, 0) is 47.0 Å². The summed E-state index contributed by atoms with van der Waals surface area (Å²) in [5, 5.41) is 0. The molecule has 0 unspecified atom stereocenters. The van der Waals surface area contributed by atoms with Crippen LogP contribution in [-0.4, -0.2) is 6.36 Å². The fourth-order valence-electron chi connectivity index (χ4n) is 2.53. The molecule has 0 heterocycles. The van der Waals surface area contributed by atoms with Gasteiger partial charge in [0.2, 0.25) is 0 Å². The summed E-state index contributed by atoms with van der Waals surface area (Å²) >= 11 is 0. The van der Waals surface area contributed by atoms with Crippen molar-refractivity contribution in [1.29, 1.82) is 0 Å². The predicted octanol–water partition coefficient (Wildman–Crippen LogP) is 5.81. The van der Waals surface area contributed by atoms with Crippen LogP contribution in [0.4, 0.5) is 13.2 Å². The lowest BCUT2D eigenvalue weighted by Crippen LogP contribution is -2.17. The van der Waals surface area contributed by atoms with Crippen LogP contribution in [0.3, 0.4) is 0 Å². The Kier molecular flexibility index (Phi) is 5.37. The van der Waals surface area contributed by atoms with Crippen molar-refractivity contribution in [3.05, 3.63) is 83.9 Å². The zero-order chi connectivity index (χ0) is 19.3. The lowest BCUT2D eigenvalue weighted by molar-refractivity contribution is -0.274. The van der Waals surface area contributed by atoms with Crippen LogP contribution in [0.25, 0.3) is 11.1 Å². The van der Waals surface area contributed by atoms with Gasteiger partial charge in [-0.3, -0.25) is 0 Å². The minimum Gasteiger partial charge on any atom is -0.489 e. The smallest absolute Gasteiger partial charge is 0.489 e. The third kappa shape index (κ3) is 5.29. The Bertz CT molecular complexity index is 940. The van der Waals surface area contributed by atoms with E-state index in [1.165, 1.54) is 12.1 Å². The van der Waals surface area contributed by atoms with Crippen LogP contribution in [0.2, 0.25) is 0 Å². The van der Waals surface area contributed by atoms with Crippen molar-refractivity contribution in [3.63, 3.8) is 0 Å². The largest absolute Gasteiger partial charge is 0.573 e. The van der Waals surface area contributed by atoms with Crippen LogP contribution in [0.15, 0.2) is 72.8 Å². The fourth-order valence-corrected chi connectivity index (χ4v) is 2.53. The van der Waals surface area contributed by atoms with E-state index < -0.39 is 6.36 Å². The molecule has 3 aromatic carbocycles. The van der Waals surface area contributed by atoms with Crippen molar-refractivity contribution in [3.8, 4) is 35.0 Å². The second-order valence-corrected chi connectivity index (χ2v) is 5.74. The number of ether oxygens (including phenoxy) is 2. The van der Waals surface area contributed by atoms with Gasteiger partial charge >= 0.3 is 6.36 Å². The summed E-state index contributed by atoms with van der Waals surface area (Å²) in [7, 11) is 0. The molecular formula is C22H15F3O2. The first kappa shape index (κ1) is 18.4. The van der Waals surface area contributed by atoms with E-state index in [0.717, 1.165) is 5.56 Å². The zero-order valence-electron chi connectivity index (χ0n) is 14.2. The summed E-state index contributed by atoms with van der Waals surface area (Å²) in [6.07, 6.45) is 0.563. The van der Waals surface area contributed by atoms with Crippen molar-refractivity contribution < 1.29 is 22.6 Å². The van der Waals surface area contributed by atoms with Crippen molar-refractivity contribution in [1.82, 2.24) is 0 Å². The van der Waals surface area contributed by atoms with E-state index in [0.29, 0.717) is 29.0 Å². The molecule has 136 valence electrons. The maximum absolute atomic E-state index is 12.5. The summed E-state index contributed by atoms with van der Waals surface area (Å²) in [5.74, 6) is 2.65. The molecule has 0 fully saturated rings. The summed E-state index contributed by atoms with van der Waals surface area (Å²) in [5.41, 5.74) is 2.57. The molecule has 0 spiro atoms. The van der Waals surface area contributed by atoms with Gasteiger partial charge in [0.25, 0.3) is 0 Å². The number of benzene rings is 3. The first-order valence-corrected chi connectivity index (χ1v) is 8.07. The molecule has 5 heteroatoms. The average molecular weight is 368 g/mol. The van der Waals surface area contributed by atoms with Gasteiger partial charge in [-0.1, -0.05) is 48.4 Å². The second kappa shape index (κ2) is 7.88. The van der Waals surface area contributed by atoms with Gasteiger partial charge in [-0.25, -0.2) is 0 Å². The van der Waals surface area contributed by atoms with Crippen LogP contribution in [-0.2, 0) is 6.61 Å². The summed E-state index contributed by atoms with van der Waals surface area (Å²) in [6, 6.07) is 20.8. The molecule has 0 aliphatic carbocycles. The Labute approximate surface area is 155 Å². The summed E-state index contributed by atoms with van der Waals surface area (Å²) in [6.45, 7) is 0.427. The predicted molar refractivity (Wildman–Crippen MR) is 97.3 cm³/mol. The Morgan fingerprint density at radius 1 is 0.815 bits per heavy atom. The molecule has 0 bridgehead atoms. The van der Waals surface area contributed by atoms with Gasteiger partial charge in [-0.2, -0.15) is 0 Å². The van der Waals surface area contributed by atoms with Crippen molar-refractivity contribution in [2.45, 2.75) is 13.0 Å². The standard InChI is InChI=1S/C22H15F3O2/c1-2-16-12-19(14-21(13-16)27-22(23,24)25)18-8-10-20(11-9-18)26-15-17-6-4-3-5-7-17/h1,3-14H,15H2. The van der Waals surface area contributed by atoms with E-state index >= 15 is 0 Å². The highest BCUT2D eigenvalue weighted by Crippen LogP contribution is 2.30. The molecular weight excluding hydrogens is 353 g/mol. The van der Waals surface area contributed by atoms with Crippen LogP contribution < -0.4 is 9.47 Å². The normalized spacial score (nSPS) is 10.9. The molecule has 0 aromatic heterocycles. The third-order valence-corrected chi connectivity index (χ3v) is 3.74. The van der Waals surface area contributed by atoms with Crippen LogP contribution in [0.1, 0.15) is 11.1 Å². The molecule has 3 rings (SSSR count). The van der Waals surface area contributed by atoms with Crippen LogP contribution in [0, 0.1) is 12.3 Å². The van der Waals surface area contributed by atoms with Gasteiger partial charge in [0.1, 0.15) is 18.1 Å². The highest BCUT2D eigenvalue weighted by Gasteiger charge is 2.31. The average Bonchev–Trinajstić information content (AvgIpc) is 2.66. The van der Waals surface area contributed by atoms with E-state index in [1.54, 1.807) is 30.3 Å². The molecule has 3 aromatic rings. The Balaban J connectivity index is 1.78.